The van der Waals surface area contributed by atoms with Crippen molar-refractivity contribution in [1.82, 2.24) is 0 Å². The van der Waals surface area contributed by atoms with Crippen molar-refractivity contribution in [2.24, 2.45) is 11.1 Å². The molecule has 2 rings (SSSR count). The largest absolute Gasteiger partial charge is 0.329 e. The van der Waals surface area contributed by atoms with Gasteiger partial charge in [-0.25, -0.2) is 0 Å². The molecule has 1 aliphatic carbocycles. The zero-order valence-electron chi connectivity index (χ0n) is 11.0. The number of hydrogen-bond donors (Lipinski definition) is 3. The van der Waals surface area contributed by atoms with E-state index in [1.165, 1.54) is 0 Å². The van der Waals surface area contributed by atoms with Crippen LogP contribution in [0.5, 0.6) is 0 Å². The molecule has 0 saturated heterocycles. The lowest BCUT2D eigenvalue weighted by Crippen LogP contribution is -2.30. The lowest BCUT2D eigenvalue weighted by atomic mass is 10.1. The van der Waals surface area contributed by atoms with Gasteiger partial charge in [-0.1, -0.05) is 13.0 Å². The molecule has 0 spiro atoms. The predicted molar refractivity (Wildman–Crippen MR) is 74.7 cm³/mol. The van der Waals surface area contributed by atoms with Gasteiger partial charge in [0.15, 0.2) is 0 Å². The van der Waals surface area contributed by atoms with Crippen molar-refractivity contribution in [3.63, 3.8) is 0 Å². The summed E-state index contributed by atoms with van der Waals surface area (Å²) >= 11 is 0. The fourth-order valence-corrected chi connectivity index (χ4v) is 1.86. The van der Waals surface area contributed by atoms with Crippen LogP contribution >= 0.6 is 0 Å². The Morgan fingerprint density at radius 2 is 1.89 bits per heavy atom. The van der Waals surface area contributed by atoms with Gasteiger partial charge in [-0.15, -0.1) is 0 Å². The van der Waals surface area contributed by atoms with Crippen LogP contribution in [0.2, 0.25) is 0 Å². The number of nitrogens with one attached hydrogen (secondary N) is 2. The zero-order valence-corrected chi connectivity index (χ0v) is 11.0. The molecule has 0 aliphatic heterocycles. The van der Waals surface area contributed by atoms with Crippen LogP contribution in [0.3, 0.4) is 0 Å². The molecule has 1 fully saturated rings. The minimum Gasteiger partial charge on any atom is -0.329 e. The van der Waals surface area contributed by atoms with E-state index in [2.05, 4.69) is 10.6 Å². The number of benzene rings is 1. The highest BCUT2D eigenvalue weighted by Crippen LogP contribution is 2.45. The van der Waals surface area contributed by atoms with E-state index >= 15 is 0 Å². The first kappa shape index (κ1) is 13.5. The summed E-state index contributed by atoms with van der Waals surface area (Å²) in [6.07, 6.45) is 2.12. The number of carbonyl (C=O) groups is 2. The Bertz CT molecular complexity index is 495. The average molecular weight is 261 g/mol. The van der Waals surface area contributed by atoms with E-state index in [0.29, 0.717) is 24.3 Å². The van der Waals surface area contributed by atoms with Crippen LogP contribution in [-0.4, -0.2) is 18.4 Å². The zero-order chi connectivity index (χ0) is 13.9. The first-order valence-electron chi connectivity index (χ1n) is 6.51. The van der Waals surface area contributed by atoms with Gasteiger partial charge < -0.3 is 16.4 Å². The third-order valence-electron chi connectivity index (χ3n) is 3.45. The van der Waals surface area contributed by atoms with Gasteiger partial charge in [0.1, 0.15) is 0 Å². The fourth-order valence-electron chi connectivity index (χ4n) is 1.86. The SMILES string of the molecule is CCC(=O)Nc1cccc(NC(=O)C2(CN)CC2)c1. The lowest BCUT2D eigenvalue weighted by molar-refractivity contribution is -0.120. The molecule has 0 bridgehead atoms. The average Bonchev–Trinajstić information content (AvgIpc) is 3.20. The molecule has 0 aromatic heterocycles. The molecule has 0 heterocycles. The molecule has 0 atom stereocenters. The monoisotopic (exact) mass is 261 g/mol. The maximum absolute atomic E-state index is 12.0. The van der Waals surface area contributed by atoms with Gasteiger partial charge in [0.25, 0.3) is 0 Å². The summed E-state index contributed by atoms with van der Waals surface area (Å²) in [4.78, 5) is 23.4. The van der Waals surface area contributed by atoms with E-state index in [4.69, 9.17) is 5.73 Å². The smallest absolute Gasteiger partial charge is 0.231 e. The van der Waals surface area contributed by atoms with Gasteiger partial charge >= 0.3 is 0 Å². The number of carbonyl (C=O) groups excluding carboxylic acids is 2. The highest BCUT2D eigenvalue weighted by atomic mass is 16.2. The van der Waals surface area contributed by atoms with E-state index in [1.54, 1.807) is 31.2 Å². The summed E-state index contributed by atoms with van der Waals surface area (Å²) in [7, 11) is 0. The van der Waals surface area contributed by atoms with Crippen molar-refractivity contribution in [2.75, 3.05) is 17.2 Å². The highest BCUT2D eigenvalue weighted by molar-refractivity contribution is 5.98. The summed E-state index contributed by atoms with van der Waals surface area (Å²) in [5, 5.41) is 5.62. The van der Waals surface area contributed by atoms with Crippen molar-refractivity contribution >= 4 is 23.2 Å². The molecule has 2 amide bonds. The second-order valence-corrected chi connectivity index (χ2v) is 4.92. The van der Waals surface area contributed by atoms with E-state index in [-0.39, 0.29) is 17.2 Å². The first-order valence-corrected chi connectivity index (χ1v) is 6.51. The quantitative estimate of drug-likeness (QED) is 0.754. The van der Waals surface area contributed by atoms with Crippen molar-refractivity contribution in [2.45, 2.75) is 26.2 Å². The lowest BCUT2D eigenvalue weighted by Gasteiger charge is -2.13. The van der Waals surface area contributed by atoms with Crippen LogP contribution in [0.15, 0.2) is 24.3 Å². The van der Waals surface area contributed by atoms with E-state index < -0.39 is 0 Å². The van der Waals surface area contributed by atoms with Gasteiger partial charge in [-0.3, -0.25) is 9.59 Å². The Balaban J connectivity index is 2.03. The number of anilines is 2. The molecule has 5 nitrogen and oxygen atoms in total. The van der Waals surface area contributed by atoms with Crippen LogP contribution < -0.4 is 16.4 Å². The Hall–Kier alpha value is -1.88. The first-order chi connectivity index (χ1) is 9.09. The third-order valence-corrected chi connectivity index (χ3v) is 3.45. The Labute approximate surface area is 112 Å². The van der Waals surface area contributed by atoms with Gasteiger partial charge in [0.05, 0.1) is 5.41 Å². The second kappa shape index (κ2) is 5.40. The highest BCUT2D eigenvalue weighted by Gasteiger charge is 2.48. The maximum atomic E-state index is 12.0. The summed E-state index contributed by atoms with van der Waals surface area (Å²) < 4.78 is 0. The Kier molecular flexibility index (Phi) is 3.85. The van der Waals surface area contributed by atoms with E-state index in [9.17, 15) is 9.59 Å². The van der Waals surface area contributed by atoms with Crippen molar-refractivity contribution < 1.29 is 9.59 Å². The van der Waals surface area contributed by atoms with Crippen molar-refractivity contribution in [1.29, 1.82) is 0 Å². The van der Waals surface area contributed by atoms with Gasteiger partial charge in [0.2, 0.25) is 11.8 Å². The molecule has 1 aromatic rings. The molecule has 1 aliphatic rings. The summed E-state index contributed by atoms with van der Waals surface area (Å²) in [5.74, 6) is -0.0851. The van der Waals surface area contributed by atoms with Crippen LogP contribution in [-0.2, 0) is 9.59 Å². The minimum absolute atomic E-state index is 0.0334. The number of amides is 2. The number of nitrogens with two attached hydrogens (primary N) is 1. The van der Waals surface area contributed by atoms with E-state index in [0.717, 1.165) is 12.8 Å². The van der Waals surface area contributed by atoms with Crippen LogP contribution in [0.4, 0.5) is 11.4 Å². The maximum Gasteiger partial charge on any atom is 0.231 e. The molecule has 1 saturated carbocycles. The van der Waals surface area contributed by atoms with Crippen molar-refractivity contribution in [3.8, 4) is 0 Å². The molecule has 0 radical (unpaired) electrons. The Morgan fingerprint density at radius 3 is 2.42 bits per heavy atom. The molecule has 5 heteroatoms. The Morgan fingerprint density at radius 1 is 1.26 bits per heavy atom. The van der Waals surface area contributed by atoms with Crippen molar-refractivity contribution in [3.05, 3.63) is 24.3 Å². The molecule has 4 N–H and O–H groups in total. The molecule has 0 unspecified atom stereocenters. The standard InChI is InChI=1S/C14H19N3O2/c1-2-12(18)16-10-4-3-5-11(8-10)17-13(19)14(9-15)6-7-14/h3-5,8H,2,6-7,9,15H2,1H3,(H,16,18)(H,17,19). The van der Waals surface area contributed by atoms with E-state index in [1.807, 2.05) is 0 Å². The molecule has 19 heavy (non-hydrogen) atoms. The van der Waals surface area contributed by atoms with Gasteiger partial charge in [0, 0.05) is 24.3 Å². The van der Waals surface area contributed by atoms with Crippen LogP contribution in [0.25, 0.3) is 0 Å². The predicted octanol–water partition coefficient (Wildman–Crippen LogP) is 1.71. The van der Waals surface area contributed by atoms with Gasteiger partial charge in [-0.2, -0.15) is 0 Å². The fraction of sp³-hybridized carbons (Fsp3) is 0.429. The normalized spacial score (nSPS) is 15.7. The van der Waals surface area contributed by atoms with Crippen LogP contribution in [0, 0.1) is 5.41 Å². The molecular formula is C14H19N3O2. The van der Waals surface area contributed by atoms with Gasteiger partial charge in [-0.05, 0) is 31.0 Å². The summed E-state index contributed by atoms with van der Waals surface area (Å²) in [6.45, 7) is 2.17. The topological polar surface area (TPSA) is 84.2 Å². The molecular weight excluding hydrogens is 242 g/mol. The summed E-state index contributed by atoms with van der Waals surface area (Å²) in [5.41, 5.74) is 6.61. The summed E-state index contributed by atoms with van der Waals surface area (Å²) in [6, 6.07) is 7.13. The number of rotatable bonds is 5. The molecule has 102 valence electrons. The second-order valence-electron chi connectivity index (χ2n) is 4.92. The van der Waals surface area contributed by atoms with Crippen LogP contribution in [0.1, 0.15) is 26.2 Å². The third kappa shape index (κ3) is 3.12. The molecule has 1 aromatic carbocycles. The number of hydrogen-bond acceptors (Lipinski definition) is 3. The minimum atomic E-state index is -0.372.